The molecule has 118 valence electrons. The zero-order valence-corrected chi connectivity index (χ0v) is 13.3. The van der Waals surface area contributed by atoms with Gasteiger partial charge in [0.1, 0.15) is 5.69 Å². The molecule has 0 radical (unpaired) electrons. The highest BCUT2D eigenvalue weighted by molar-refractivity contribution is 5.79. The molecule has 3 nitrogen and oxygen atoms in total. The largest absolute Gasteiger partial charge is 0.356 e. The van der Waals surface area contributed by atoms with Gasteiger partial charge in [-0.3, -0.25) is 4.90 Å². The number of benzene rings is 2. The lowest BCUT2D eigenvalue weighted by molar-refractivity contribution is 0.174. The lowest BCUT2D eigenvalue weighted by Gasteiger charge is -2.31. The van der Waals surface area contributed by atoms with Crippen molar-refractivity contribution in [2.45, 2.75) is 25.8 Å². The fourth-order valence-electron chi connectivity index (χ4n) is 3.56. The highest BCUT2D eigenvalue weighted by atomic mass is 16.5. The van der Waals surface area contributed by atoms with Gasteiger partial charge in [0, 0.05) is 11.9 Å². The molecule has 0 bridgehead atoms. The molecule has 0 spiro atoms. The second kappa shape index (κ2) is 6.55. The number of piperidine rings is 1. The first-order valence-corrected chi connectivity index (χ1v) is 8.48. The first kappa shape index (κ1) is 14.5. The van der Waals surface area contributed by atoms with Gasteiger partial charge in [0.05, 0.1) is 0 Å². The number of aromatic nitrogens is 1. The van der Waals surface area contributed by atoms with Crippen molar-refractivity contribution in [3.8, 4) is 0 Å². The fourth-order valence-corrected chi connectivity index (χ4v) is 3.56. The Labute approximate surface area is 136 Å². The third-order valence-electron chi connectivity index (χ3n) is 4.90. The predicted octanol–water partition coefficient (Wildman–Crippen LogP) is 4.28. The maximum Gasteiger partial charge on any atom is 0.167 e. The van der Waals surface area contributed by atoms with Crippen LogP contribution in [-0.2, 0) is 13.0 Å². The minimum atomic E-state index is 0.808. The van der Waals surface area contributed by atoms with Crippen LogP contribution >= 0.6 is 0 Å². The second-order valence-corrected chi connectivity index (χ2v) is 6.53. The Balaban J connectivity index is 1.35. The van der Waals surface area contributed by atoms with E-state index in [1.54, 1.807) is 0 Å². The molecule has 1 aromatic heterocycles. The molecule has 2 aromatic carbocycles. The highest BCUT2D eigenvalue weighted by Gasteiger charge is 2.21. The van der Waals surface area contributed by atoms with Crippen molar-refractivity contribution in [3.05, 3.63) is 65.9 Å². The summed E-state index contributed by atoms with van der Waals surface area (Å²) in [6.45, 7) is 3.20. The smallest absolute Gasteiger partial charge is 0.167 e. The first-order valence-electron chi connectivity index (χ1n) is 8.48. The minimum absolute atomic E-state index is 0.808. The van der Waals surface area contributed by atoms with Crippen LogP contribution in [-0.4, -0.2) is 23.1 Å². The number of hydrogen-bond acceptors (Lipinski definition) is 3. The molecule has 1 aliphatic heterocycles. The summed E-state index contributed by atoms with van der Waals surface area (Å²) in [5.41, 5.74) is 3.43. The van der Waals surface area contributed by atoms with E-state index in [9.17, 15) is 0 Å². The summed E-state index contributed by atoms with van der Waals surface area (Å²) >= 11 is 0. The molecule has 1 saturated heterocycles. The molecule has 0 saturated carbocycles. The summed E-state index contributed by atoms with van der Waals surface area (Å²) in [6, 6.07) is 19.0. The van der Waals surface area contributed by atoms with E-state index in [4.69, 9.17) is 4.52 Å². The molecule has 0 unspecified atom stereocenters. The fraction of sp³-hybridized carbons (Fsp3) is 0.350. The van der Waals surface area contributed by atoms with Gasteiger partial charge < -0.3 is 4.52 Å². The molecule has 0 amide bonds. The lowest BCUT2D eigenvalue weighted by Crippen LogP contribution is -2.34. The number of para-hydroxylation sites is 1. The standard InChI is InChI=1S/C20H22N2O/c1-2-6-16(7-3-1)14-17-10-12-22(13-11-17)15-19-18-8-4-5-9-20(18)23-21-19/h1-9,17H,10-15H2. The van der Waals surface area contributed by atoms with Crippen LogP contribution in [0.15, 0.2) is 59.1 Å². The Kier molecular flexibility index (Phi) is 4.12. The summed E-state index contributed by atoms with van der Waals surface area (Å²) in [6.07, 6.45) is 3.75. The summed E-state index contributed by atoms with van der Waals surface area (Å²) in [5, 5.41) is 5.41. The second-order valence-electron chi connectivity index (χ2n) is 6.53. The minimum Gasteiger partial charge on any atom is -0.356 e. The number of nitrogens with zero attached hydrogens (tertiary/aromatic N) is 2. The zero-order chi connectivity index (χ0) is 15.5. The van der Waals surface area contributed by atoms with Crippen LogP contribution in [0, 0.1) is 5.92 Å². The van der Waals surface area contributed by atoms with Gasteiger partial charge >= 0.3 is 0 Å². The maximum absolute atomic E-state index is 5.41. The van der Waals surface area contributed by atoms with Crippen LogP contribution in [0.5, 0.6) is 0 Å². The molecule has 3 aromatic rings. The molecule has 0 atom stereocenters. The maximum atomic E-state index is 5.41. The average Bonchev–Trinajstić information content (AvgIpc) is 3.01. The van der Waals surface area contributed by atoms with Crippen molar-refractivity contribution in [2.24, 2.45) is 5.92 Å². The van der Waals surface area contributed by atoms with E-state index in [0.717, 1.165) is 42.2 Å². The molecular formula is C20H22N2O. The Hall–Kier alpha value is -2.13. The molecule has 0 aliphatic carbocycles. The Morgan fingerprint density at radius 3 is 2.52 bits per heavy atom. The van der Waals surface area contributed by atoms with E-state index in [0.29, 0.717) is 0 Å². The first-order chi connectivity index (χ1) is 11.4. The van der Waals surface area contributed by atoms with Crippen LogP contribution in [0.3, 0.4) is 0 Å². The number of fused-ring (bicyclic) bond motifs is 1. The van der Waals surface area contributed by atoms with Gasteiger partial charge in [-0.25, -0.2) is 0 Å². The van der Waals surface area contributed by atoms with Gasteiger partial charge in [-0.1, -0.05) is 47.6 Å². The summed E-state index contributed by atoms with van der Waals surface area (Å²) in [5.74, 6) is 0.808. The Morgan fingerprint density at radius 2 is 1.70 bits per heavy atom. The van der Waals surface area contributed by atoms with Crippen LogP contribution in [0.2, 0.25) is 0 Å². The van der Waals surface area contributed by atoms with Crippen molar-refractivity contribution >= 4 is 11.0 Å². The van der Waals surface area contributed by atoms with Crippen LogP contribution in [0.1, 0.15) is 24.1 Å². The third kappa shape index (κ3) is 3.30. The number of hydrogen-bond donors (Lipinski definition) is 0. The van der Waals surface area contributed by atoms with Gasteiger partial charge in [-0.15, -0.1) is 0 Å². The number of rotatable bonds is 4. The van der Waals surface area contributed by atoms with Gasteiger partial charge in [-0.2, -0.15) is 0 Å². The van der Waals surface area contributed by atoms with Crippen molar-refractivity contribution in [3.63, 3.8) is 0 Å². The highest BCUT2D eigenvalue weighted by Crippen LogP contribution is 2.24. The predicted molar refractivity (Wildman–Crippen MR) is 92.2 cm³/mol. The molecule has 0 N–H and O–H groups in total. The average molecular weight is 306 g/mol. The Bertz CT molecular complexity index is 757. The molecule has 23 heavy (non-hydrogen) atoms. The lowest BCUT2D eigenvalue weighted by atomic mass is 9.90. The van der Waals surface area contributed by atoms with Gasteiger partial charge in [0.15, 0.2) is 5.58 Å². The van der Waals surface area contributed by atoms with Crippen LogP contribution in [0.25, 0.3) is 11.0 Å². The van der Waals surface area contributed by atoms with E-state index >= 15 is 0 Å². The van der Waals surface area contributed by atoms with Crippen LogP contribution in [0.4, 0.5) is 0 Å². The van der Waals surface area contributed by atoms with E-state index in [1.807, 2.05) is 12.1 Å². The van der Waals surface area contributed by atoms with Gasteiger partial charge in [0.2, 0.25) is 0 Å². The summed E-state index contributed by atoms with van der Waals surface area (Å²) in [4.78, 5) is 2.51. The van der Waals surface area contributed by atoms with E-state index in [-0.39, 0.29) is 0 Å². The molecule has 1 fully saturated rings. The van der Waals surface area contributed by atoms with Crippen molar-refractivity contribution in [1.82, 2.24) is 10.1 Å². The Morgan fingerprint density at radius 1 is 0.957 bits per heavy atom. The van der Waals surface area contributed by atoms with Crippen LogP contribution < -0.4 is 0 Å². The molecule has 2 heterocycles. The molecular weight excluding hydrogens is 284 g/mol. The zero-order valence-electron chi connectivity index (χ0n) is 13.3. The summed E-state index contributed by atoms with van der Waals surface area (Å²) < 4.78 is 5.41. The van der Waals surface area contributed by atoms with Crippen molar-refractivity contribution < 1.29 is 4.52 Å². The third-order valence-corrected chi connectivity index (χ3v) is 4.90. The van der Waals surface area contributed by atoms with Gasteiger partial charge in [-0.05, 0) is 56.0 Å². The normalized spacial score (nSPS) is 16.9. The SMILES string of the molecule is c1ccc(CC2CCN(Cc3noc4ccccc34)CC2)cc1. The van der Waals surface area contributed by atoms with Gasteiger partial charge in [0.25, 0.3) is 0 Å². The topological polar surface area (TPSA) is 29.3 Å². The van der Waals surface area contributed by atoms with E-state index in [1.165, 1.54) is 24.8 Å². The molecule has 4 rings (SSSR count). The monoisotopic (exact) mass is 306 g/mol. The molecule has 3 heteroatoms. The molecule has 1 aliphatic rings. The van der Waals surface area contributed by atoms with Crippen molar-refractivity contribution in [1.29, 1.82) is 0 Å². The summed E-state index contributed by atoms with van der Waals surface area (Å²) in [7, 11) is 0. The van der Waals surface area contributed by atoms with E-state index in [2.05, 4.69) is 52.5 Å². The number of likely N-dealkylation sites (tertiary alicyclic amines) is 1. The quantitative estimate of drug-likeness (QED) is 0.720. The van der Waals surface area contributed by atoms with E-state index < -0.39 is 0 Å². The van der Waals surface area contributed by atoms with Crippen molar-refractivity contribution in [2.75, 3.05) is 13.1 Å².